The van der Waals surface area contributed by atoms with Crippen molar-refractivity contribution in [1.29, 1.82) is 0 Å². The minimum absolute atomic E-state index is 0.435. The Hall–Kier alpha value is -2.42. The molecule has 4 N–H and O–H groups in total. The van der Waals surface area contributed by atoms with E-state index in [9.17, 15) is 20.4 Å². The molecule has 0 bridgehead atoms. The fourth-order valence-corrected chi connectivity index (χ4v) is 3.84. The molecule has 2 aromatic carbocycles. The zero-order valence-electron chi connectivity index (χ0n) is 16.6. The first-order chi connectivity index (χ1) is 14.5. The number of furan rings is 1. The molecule has 0 saturated carbocycles. The quantitative estimate of drug-likeness (QED) is 0.486. The molecule has 0 radical (unpaired) electrons. The van der Waals surface area contributed by atoms with Crippen LogP contribution in [0.5, 0.6) is 5.75 Å². The van der Waals surface area contributed by atoms with Crippen LogP contribution in [0.25, 0.3) is 11.0 Å². The number of aryl methyl sites for hydroxylation is 3. The van der Waals surface area contributed by atoms with Gasteiger partial charge in [-0.05, 0) is 37.5 Å². The summed E-state index contributed by atoms with van der Waals surface area (Å²) >= 11 is 0. The number of fused-ring (bicyclic) bond motifs is 1. The third-order valence-electron chi connectivity index (χ3n) is 5.49. The predicted octanol–water partition coefficient (Wildman–Crippen LogP) is 1.71. The Balaban J connectivity index is 1.58. The molecule has 7 heteroatoms. The van der Waals surface area contributed by atoms with E-state index in [0.29, 0.717) is 11.3 Å². The minimum Gasteiger partial charge on any atom is -0.464 e. The maximum atomic E-state index is 10.3. The van der Waals surface area contributed by atoms with Gasteiger partial charge in [-0.25, -0.2) is 0 Å². The molecule has 0 aliphatic carbocycles. The molecule has 1 aromatic heterocycles. The van der Waals surface area contributed by atoms with Gasteiger partial charge in [0, 0.05) is 5.56 Å². The number of benzene rings is 2. The second kappa shape index (κ2) is 8.75. The lowest BCUT2D eigenvalue weighted by Gasteiger charge is -2.39. The molecular formula is C23H26O7. The number of hydrogen-bond donors (Lipinski definition) is 4. The summed E-state index contributed by atoms with van der Waals surface area (Å²) in [5.74, 6) is 0.435. The second-order valence-electron chi connectivity index (χ2n) is 7.69. The van der Waals surface area contributed by atoms with Gasteiger partial charge in [0.25, 0.3) is 0 Å². The zero-order chi connectivity index (χ0) is 21.3. The summed E-state index contributed by atoms with van der Waals surface area (Å²) in [5.41, 5.74) is 4.01. The fraction of sp³-hybridized carbons (Fsp3) is 0.391. The van der Waals surface area contributed by atoms with E-state index in [4.69, 9.17) is 13.9 Å². The first-order valence-electron chi connectivity index (χ1n) is 9.99. The van der Waals surface area contributed by atoms with Crippen molar-refractivity contribution in [2.75, 3.05) is 6.61 Å². The van der Waals surface area contributed by atoms with Gasteiger partial charge >= 0.3 is 0 Å². The minimum atomic E-state index is -1.50. The Kier molecular flexibility index (Phi) is 6.08. The monoisotopic (exact) mass is 414 g/mol. The first-order valence-corrected chi connectivity index (χ1v) is 9.99. The standard InChI is InChI=1S/C23H26O7/c1-13-4-2-5-14(10-13)8-9-15-12-28-16-6-3-7-17(19(15)16)29-23-22(27)21(26)20(25)18(11-24)30-23/h2-7,10,12,18,20-27H,8-9,11H2,1H3/t18-,20-,21+,22-,23-/m1/s1. The van der Waals surface area contributed by atoms with Crippen molar-refractivity contribution in [3.8, 4) is 5.75 Å². The molecule has 1 fully saturated rings. The van der Waals surface area contributed by atoms with Crippen LogP contribution in [0.2, 0.25) is 0 Å². The average molecular weight is 414 g/mol. The Labute approximate surface area is 174 Å². The molecule has 1 saturated heterocycles. The van der Waals surface area contributed by atoms with Crippen LogP contribution in [-0.4, -0.2) is 57.7 Å². The Bertz CT molecular complexity index is 996. The molecule has 160 valence electrons. The van der Waals surface area contributed by atoms with Gasteiger partial charge in [-0.3, -0.25) is 0 Å². The van der Waals surface area contributed by atoms with E-state index in [2.05, 4.69) is 25.1 Å². The van der Waals surface area contributed by atoms with Crippen molar-refractivity contribution in [2.24, 2.45) is 0 Å². The zero-order valence-corrected chi connectivity index (χ0v) is 16.6. The normalized spacial score (nSPS) is 26.8. The maximum absolute atomic E-state index is 10.3. The number of aliphatic hydroxyl groups excluding tert-OH is 4. The van der Waals surface area contributed by atoms with Gasteiger partial charge in [0.2, 0.25) is 6.29 Å². The van der Waals surface area contributed by atoms with Gasteiger partial charge in [-0.1, -0.05) is 35.9 Å². The van der Waals surface area contributed by atoms with Crippen molar-refractivity contribution in [2.45, 2.75) is 50.5 Å². The van der Waals surface area contributed by atoms with Gasteiger partial charge in [0.15, 0.2) is 0 Å². The van der Waals surface area contributed by atoms with Crippen molar-refractivity contribution in [3.63, 3.8) is 0 Å². The predicted molar refractivity (Wildman–Crippen MR) is 109 cm³/mol. The van der Waals surface area contributed by atoms with E-state index in [1.165, 1.54) is 11.1 Å². The number of aliphatic hydroxyl groups is 4. The van der Waals surface area contributed by atoms with Crippen LogP contribution >= 0.6 is 0 Å². The molecule has 1 aliphatic heterocycles. The Morgan fingerprint density at radius 3 is 2.53 bits per heavy atom. The van der Waals surface area contributed by atoms with Crippen LogP contribution in [0, 0.1) is 6.92 Å². The Morgan fingerprint density at radius 1 is 0.967 bits per heavy atom. The van der Waals surface area contributed by atoms with Gasteiger partial charge in [-0.15, -0.1) is 0 Å². The van der Waals surface area contributed by atoms with Crippen LogP contribution in [0.15, 0.2) is 53.1 Å². The van der Waals surface area contributed by atoms with Gasteiger partial charge in [0.05, 0.1) is 18.3 Å². The second-order valence-corrected chi connectivity index (χ2v) is 7.69. The third-order valence-corrected chi connectivity index (χ3v) is 5.49. The van der Waals surface area contributed by atoms with E-state index >= 15 is 0 Å². The lowest BCUT2D eigenvalue weighted by atomic mass is 9.99. The number of ether oxygens (including phenoxy) is 2. The van der Waals surface area contributed by atoms with E-state index in [1.54, 1.807) is 18.4 Å². The third kappa shape index (κ3) is 4.08. The maximum Gasteiger partial charge on any atom is 0.229 e. The van der Waals surface area contributed by atoms with Crippen molar-refractivity contribution >= 4 is 11.0 Å². The highest BCUT2D eigenvalue weighted by atomic mass is 16.7. The molecule has 0 spiro atoms. The van der Waals surface area contributed by atoms with E-state index in [1.807, 2.05) is 12.1 Å². The highest BCUT2D eigenvalue weighted by molar-refractivity contribution is 5.87. The molecule has 2 heterocycles. The molecule has 4 rings (SSSR count). The summed E-state index contributed by atoms with van der Waals surface area (Å²) in [6, 6.07) is 13.6. The summed E-state index contributed by atoms with van der Waals surface area (Å²) in [4.78, 5) is 0. The molecular weight excluding hydrogens is 388 g/mol. The highest BCUT2D eigenvalue weighted by Crippen LogP contribution is 2.34. The van der Waals surface area contributed by atoms with Gasteiger partial charge in [0.1, 0.15) is 35.7 Å². The Morgan fingerprint density at radius 2 is 1.77 bits per heavy atom. The van der Waals surface area contributed by atoms with Crippen LogP contribution < -0.4 is 4.74 Å². The topological polar surface area (TPSA) is 113 Å². The van der Waals surface area contributed by atoms with Crippen LogP contribution in [0.1, 0.15) is 16.7 Å². The number of hydrogen-bond acceptors (Lipinski definition) is 7. The first kappa shape index (κ1) is 20.8. The van der Waals surface area contributed by atoms with Gasteiger partial charge < -0.3 is 34.3 Å². The average Bonchev–Trinajstić information content (AvgIpc) is 3.17. The molecule has 1 aliphatic rings. The fourth-order valence-electron chi connectivity index (χ4n) is 3.84. The molecule has 0 amide bonds. The van der Waals surface area contributed by atoms with E-state index in [-0.39, 0.29) is 0 Å². The van der Waals surface area contributed by atoms with E-state index in [0.717, 1.165) is 23.8 Å². The van der Waals surface area contributed by atoms with Crippen molar-refractivity contribution < 1.29 is 34.3 Å². The van der Waals surface area contributed by atoms with Crippen LogP contribution in [0.3, 0.4) is 0 Å². The summed E-state index contributed by atoms with van der Waals surface area (Å²) in [7, 11) is 0. The van der Waals surface area contributed by atoms with E-state index < -0.39 is 37.3 Å². The summed E-state index contributed by atoms with van der Waals surface area (Å²) in [5, 5.41) is 40.4. The molecule has 5 atom stereocenters. The molecule has 0 unspecified atom stereocenters. The SMILES string of the molecule is Cc1cccc(CCc2coc3cccc(O[C@@H]4O[C@H](CO)[C@@H](O)[C@H](O)[C@H]4O)c23)c1. The largest absolute Gasteiger partial charge is 0.464 e. The number of rotatable bonds is 6. The van der Waals surface area contributed by atoms with Crippen molar-refractivity contribution in [3.05, 3.63) is 65.4 Å². The van der Waals surface area contributed by atoms with Crippen LogP contribution in [-0.2, 0) is 17.6 Å². The summed E-state index contributed by atoms with van der Waals surface area (Å²) < 4.78 is 17.1. The molecule has 30 heavy (non-hydrogen) atoms. The molecule has 3 aromatic rings. The van der Waals surface area contributed by atoms with Crippen LogP contribution in [0.4, 0.5) is 0 Å². The van der Waals surface area contributed by atoms with Gasteiger partial charge in [-0.2, -0.15) is 0 Å². The highest BCUT2D eigenvalue weighted by Gasteiger charge is 2.44. The lowest BCUT2D eigenvalue weighted by Crippen LogP contribution is -2.60. The van der Waals surface area contributed by atoms with Crippen molar-refractivity contribution in [1.82, 2.24) is 0 Å². The lowest BCUT2D eigenvalue weighted by molar-refractivity contribution is -0.277. The summed E-state index contributed by atoms with van der Waals surface area (Å²) in [6.07, 6.45) is -3.43. The molecule has 7 nitrogen and oxygen atoms in total. The smallest absolute Gasteiger partial charge is 0.229 e. The summed E-state index contributed by atoms with van der Waals surface area (Å²) in [6.45, 7) is 1.55.